The molecule has 24 heavy (non-hydrogen) atoms. The van der Waals surface area contributed by atoms with Crippen LogP contribution >= 0.6 is 0 Å². The average Bonchev–Trinajstić information content (AvgIpc) is 2.50. The molecule has 0 radical (unpaired) electrons. The molecule has 0 atom stereocenters. The summed E-state index contributed by atoms with van der Waals surface area (Å²) >= 11 is 0. The summed E-state index contributed by atoms with van der Waals surface area (Å²) in [6.07, 6.45) is -2.55. The van der Waals surface area contributed by atoms with Gasteiger partial charge in [0.15, 0.2) is 0 Å². The van der Waals surface area contributed by atoms with E-state index in [1.807, 2.05) is 27.7 Å². The van der Waals surface area contributed by atoms with E-state index in [1.54, 1.807) is 18.2 Å². The fourth-order valence-corrected chi connectivity index (χ4v) is 2.47. The van der Waals surface area contributed by atoms with Gasteiger partial charge in [0.25, 0.3) is 12.3 Å². The van der Waals surface area contributed by atoms with Crippen molar-refractivity contribution in [2.45, 2.75) is 39.5 Å². The smallest absolute Gasteiger partial charge is 0.283 e. The van der Waals surface area contributed by atoms with Crippen LogP contribution < -0.4 is 16.0 Å². The summed E-state index contributed by atoms with van der Waals surface area (Å²) in [6, 6.07) is 4.97. The quantitative estimate of drug-likeness (QED) is 0.511. The highest BCUT2D eigenvalue weighted by molar-refractivity contribution is 5.96. The van der Waals surface area contributed by atoms with Crippen LogP contribution in [0.4, 0.5) is 8.78 Å². The predicted octanol–water partition coefficient (Wildman–Crippen LogP) is 3.09. The Bertz CT molecular complexity index is 771. The number of halogens is 2. The van der Waals surface area contributed by atoms with E-state index in [1.165, 1.54) is 0 Å². The summed E-state index contributed by atoms with van der Waals surface area (Å²) in [4.78, 5) is 16.2. The van der Waals surface area contributed by atoms with Crippen LogP contribution in [0.1, 0.15) is 42.4 Å². The first-order valence-corrected chi connectivity index (χ1v) is 7.51. The number of fused-ring (bicyclic) bond motifs is 1. The van der Waals surface area contributed by atoms with Gasteiger partial charge in [0, 0.05) is 5.39 Å². The normalized spacial score (nSPS) is 11.8. The minimum absolute atomic E-state index is 0.203. The molecule has 0 aliphatic heterocycles. The van der Waals surface area contributed by atoms with Gasteiger partial charge in [-0.05, 0) is 41.7 Å². The number of rotatable bonds is 4. The SMILES string of the molecule is Cc1cc(C(=O)NN)nc2c(C(C)(C)C)cc(OCC(F)F)cc12. The number of amides is 1. The number of hydrazine groups is 1. The maximum atomic E-state index is 12.4. The number of benzene rings is 1. The predicted molar refractivity (Wildman–Crippen MR) is 88.3 cm³/mol. The van der Waals surface area contributed by atoms with Crippen LogP contribution in [-0.4, -0.2) is 23.9 Å². The second-order valence-electron chi connectivity index (χ2n) is 6.62. The third kappa shape index (κ3) is 3.79. The Labute approximate surface area is 139 Å². The minimum atomic E-state index is -2.55. The van der Waals surface area contributed by atoms with Gasteiger partial charge in [-0.25, -0.2) is 19.6 Å². The Morgan fingerprint density at radius 1 is 1.33 bits per heavy atom. The fraction of sp³-hybridized carbons (Fsp3) is 0.412. The molecule has 7 heteroatoms. The van der Waals surface area contributed by atoms with E-state index in [-0.39, 0.29) is 11.1 Å². The molecule has 1 amide bonds. The van der Waals surface area contributed by atoms with Gasteiger partial charge in [0.2, 0.25) is 0 Å². The number of hydrogen-bond donors (Lipinski definition) is 2. The molecule has 2 aromatic rings. The van der Waals surface area contributed by atoms with E-state index >= 15 is 0 Å². The maximum Gasteiger partial charge on any atom is 0.283 e. The van der Waals surface area contributed by atoms with Crippen LogP contribution in [0.3, 0.4) is 0 Å². The first-order chi connectivity index (χ1) is 11.1. The number of nitrogens with zero attached hydrogens (tertiary/aromatic N) is 1. The number of nitrogen functional groups attached to an aromatic ring is 1. The highest BCUT2D eigenvalue weighted by atomic mass is 19.3. The molecule has 0 saturated carbocycles. The zero-order valence-electron chi connectivity index (χ0n) is 14.1. The minimum Gasteiger partial charge on any atom is -0.488 e. The highest BCUT2D eigenvalue weighted by Gasteiger charge is 2.22. The summed E-state index contributed by atoms with van der Waals surface area (Å²) in [5, 5.41) is 0.750. The summed E-state index contributed by atoms with van der Waals surface area (Å²) < 4.78 is 30.1. The molecule has 0 unspecified atom stereocenters. The van der Waals surface area contributed by atoms with Gasteiger partial charge in [-0.15, -0.1) is 0 Å². The molecule has 0 fully saturated rings. The van der Waals surface area contributed by atoms with Crippen molar-refractivity contribution in [3.63, 3.8) is 0 Å². The van der Waals surface area contributed by atoms with Crippen molar-refractivity contribution >= 4 is 16.8 Å². The number of nitrogens with one attached hydrogen (secondary N) is 1. The Hall–Kier alpha value is -2.28. The fourth-order valence-electron chi connectivity index (χ4n) is 2.47. The van der Waals surface area contributed by atoms with E-state index < -0.39 is 18.9 Å². The highest BCUT2D eigenvalue weighted by Crippen LogP contribution is 2.34. The number of alkyl halides is 2. The second-order valence-corrected chi connectivity index (χ2v) is 6.62. The molecule has 3 N–H and O–H groups in total. The summed E-state index contributed by atoms with van der Waals surface area (Å²) in [6.45, 7) is 7.08. The van der Waals surface area contributed by atoms with Crippen LogP contribution in [0.5, 0.6) is 5.75 Å². The molecule has 2 rings (SSSR count). The Morgan fingerprint density at radius 2 is 2.00 bits per heavy atom. The first kappa shape index (κ1) is 18.1. The van der Waals surface area contributed by atoms with Crippen molar-refractivity contribution in [1.29, 1.82) is 0 Å². The zero-order valence-corrected chi connectivity index (χ0v) is 14.1. The molecular weight excluding hydrogens is 316 g/mol. The summed E-state index contributed by atoms with van der Waals surface area (Å²) in [5.41, 5.74) is 4.17. The van der Waals surface area contributed by atoms with Crippen LogP contribution in [-0.2, 0) is 5.41 Å². The second kappa shape index (κ2) is 6.68. The number of nitrogens with two attached hydrogens (primary N) is 1. The molecule has 0 saturated heterocycles. The van der Waals surface area contributed by atoms with Crippen LogP contribution in [0.15, 0.2) is 18.2 Å². The lowest BCUT2D eigenvalue weighted by Gasteiger charge is -2.23. The van der Waals surface area contributed by atoms with Crippen molar-refractivity contribution in [3.05, 3.63) is 35.0 Å². The van der Waals surface area contributed by atoms with Gasteiger partial charge in [-0.2, -0.15) is 0 Å². The molecule has 0 spiro atoms. The largest absolute Gasteiger partial charge is 0.488 e. The molecule has 130 valence electrons. The number of pyridine rings is 1. The van der Waals surface area contributed by atoms with Crippen molar-refractivity contribution in [2.75, 3.05) is 6.61 Å². The molecule has 1 heterocycles. The third-order valence-corrected chi connectivity index (χ3v) is 3.64. The van der Waals surface area contributed by atoms with E-state index in [0.29, 0.717) is 11.3 Å². The molecule has 0 aliphatic carbocycles. The van der Waals surface area contributed by atoms with Gasteiger partial charge in [0.1, 0.15) is 18.1 Å². The number of carbonyl (C=O) groups is 1. The van der Waals surface area contributed by atoms with Gasteiger partial charge in [-0.3, -0.25) is 10.2 Å². The van der Waals surface area contributed by atoms with Gasteiger partial charge in [0.05, 0.1) is 5.52 Å². The van der Waals surface area contributed by atoms with Crippen LogP contribution in [0.2, 0.25) is 0 Å². The molecule has 1 aromatic carbocycles. The van der Waals surface area contributed by atoms with E-state index in [2.05, 4.69) is 10.4 Å². The monoisotopic (exact) mass is 337 g/mol. The lowest BCUT2D eigenvalue weighted by atomic mass is 9.84. The number of aromatic nitrogens is 1. The van der Waals surface area contributed by atoms with Crippen LogP contribution in [0, 0.1) is 6.92 Å². The molecule has 5 nitrogen and oxygen atoms in total. The van der Waals surface area contributed by atoms with Gasteiger partial charge in [-0.1, -0.05) is 20.8 Å². The Kier molecular flexibility index (Phi) is 5.03. The van der Waals surface area contributed by atoms with E-state index in [9.17, 15) is 13.6 Å². The van der Waals surface area contributed by atoms with Crippen molar-refractivity contribution in [3.8, 4) is 5.75 Å². The van der Waals surface area contributed by atoms with E-state index in [0.717, 1.165) is 16.5 Å². The lowest BCUT2D eigenvalue weighted by Crippen LogP contribution is -2.31. The van der Waals surface area contributed by atoms with Gasteiger partial charge < -0.3 is 4.74 Å². The number of hydrogen-bond acceptors (Lipinski definition) is 4. The molecule has 0 bridgehead atoms. The van der Waals surface area contributed by atoms with Crippen molar-refractivity contribution in [1.82, 2.24) is 10.4 Å². The van der Waals surface area contributed by atoms with E-state index in [4.69, 9.17) is 10.6 Å². The zero-order chi connectivity index (χ0) is 18.1. The first-order valence-electron chi connectivity index (χ1n) is 7.51. The number of ether oxygens (including phenoxy) is 1. The van der Waals surface area contributed by atoms with Crippen LogP contribution in [0.25, 0.3) is 10.9 Å². The topological polar surface area (TPSA) is 77.2 Å². The third-order valence-electron chi connectivity index (χ3n) is 3.64. The summed E-state index contributed by atoms with van der Waals surface area (Å²) in [7, 11) is 0. The number of carbonyl (C=O) groups excluding carboxylic acids is 1. The van der Waals surface area contributed by atoms with Crippen molar-refractivity contribution < 1.29 is 18.3 Å². The average molecular weight is 337 g/mol. The number of aryl methyl sites for hydroxylation is 1. The molecule has 0 aliphatic rings. The molecular formula is C17H21F2N3O2. The Morgan fingerprint density at radius 3 is 2.54 bits per heavy atom. The maximum absolute atomic E-state index is 12.4. The van der Waals surface area contributed by atoms with Gasteiger partial charge >= 0.3 is 0 Å². The molecule has 1 aromatic heterocycles. The Balaban J connectivity index is 2.69. The summed E-state index contributed by atoms with van der Waals surface area (Å²) in [5.74, 6) is 5.05. The van der Waals surface area contributed by atoms with Crippen molar-refractivity contribution in [2.24, 2.45) is 5.84 Å². The standard InChI is InChI=1S/C17H21F2N3O2/c1-9-5-13(16(23)22-20)21-15-11(9)6-10(24-8-14(18)19)7-12(15)17(2,3)4/h5-7,14H,8,20H2,1-4H3,(H,22,23). The lowest BCUT2D eigenvalue weighted by molar-refractivity contribution is 0.0819.